The Hall–Kier alpha value is -2.37. The summed E-state index contributed by atoms with van der Waals surface area (Å²) in [7, 11) is 1.58. The number of methoxy groups -OCH3 is 1. The molecule has 1 saturated heterocycles. The lowest BCUT2D eigenvalue weighted by Gasteiger charge is -2.25. The number of hydrogen-bond donors (Lipinski definition) is 0. The van der Waals surface area contributed by atoms with Gasteiger partial charge < -0.3 is 14.2 Å². The molecule has 4 rings (SSSR count). The van der Waals surface area contributed by atoms with Gasteiger partial charge in [-0.05, 0) is 57.6 Å². The number of aromatic nitrogens is 2. The average molecular weight is 341 g/mol. The minimum Gasteiger partial charge on any atom is -0.480 e. The zero-order valence-electron chi connectivity index (χ0n) is 15.0. The molecule has 1 amide bonds. The van der Waals surface area contributed by atoms with E-state index in [1.807, 2.05) is 24.8 Å². The standard InChI is InChI=1S/C19H23N3O3/c1-11-17(12(2)25-21-11)16-8-5-9-22(16)19(23)14-10-13-6-4-7-15(13)20-18(14)24-3/h10,16H,4-9H2,1-3H3. The van der Waals surface area contributed by atoms with Gasteiger partial charge in [-0.1, -0.05) is 5.16 Å². The van der Waals surface area contributed by atoms with Crippen LogP contribution in [0.3, 0.4) is 0 Å². The predicted molar refractivity (Wildman–Crippen MR) is 91.8 cm³/mol. The fourth-order valence-electron chi connectivity index (χ4n) is 4.19. The fraction of sp³-hybridized carbons (Fsp3) is 0.526. The van der Waals surface area contributed by atoms with E-state index in [1.54, 1.807) is 7.11 Å². The number of hydrogen-bond acceptors (Lipinski definition) is 5. The highest BCUT2D eigenvalue weighted by atomic mass is 16.5. The van der Waals surface area contributed by atoms with Gasteiger partial charge in [-0.25, -0.2) is 4.98 Å². The molecule has 6 heteroatoms. The zero-order valence-corrected chi connectivity index (χ0v) is 15.0. The van der Waals surface area contributed by atoms with Crippen LogP contribution in [0.15, 0.2) is 10.6 Å². The van der Waals surface area contributed by atoms with Crippen LogP contribution in [-0.2, 0) is 12.8 Å². The van der Waals surface area contributed by atoms with E-state index in [0.717, 1.165) is 61.4 Å². The first-order valence-electron chi connectivity index (χ1n) is 8.90. The van der Waals surface area contributed by atoms with Crippen molar-refractivity contribution in [2.75, 3.05) is 13.7 Å². The molecule has 0 saturated carbocycles. The molecular formula is C19H23N3O3. The van der Waals surface area contributed by atoms with Crippen molar-refractivity contribution < 1.29 is 14.1 Å². The number of likely N-dealkylation sites (tertiary alicyclic amines) is 1. The SMILES string of the molecule is COc1nc2c(cc1C(=O)N1CCCC1c1c(C)noc1C)CCC2. The van der Waals surface area contributed by atoms with Gasteiger partial charge in [-0.15, -0.1) is 0 Å². The van der Waals surface area contributed by atoms with E-state index in [1.165, 1.54) is 5.56 Å². The highest BCUT2D eigenvalue weighted by molar-refractivity contribution is 5.97. The van der Waals surface area contributed by atoms with E-state index in [-0.39, 0.29) is 11.9 Å². The monoisotopic (exact) mass is 341 g/mol. The van der Waals surface area contributed by atoms with Crippen LogP contribution in [0.4, 0.5) is 0 Å². The van der Waals surface area contributed by atoms with Crippen LogP contribution in [0.2, 0.25) is 0 Å². The Balaban J connectivity index is 1.71. The molecule has 0 radical (unpaired) electrons. The van der Waals surface area contributed by atoms with Crippen molar-refractivity contribution in [1.29, 1.82) is 0 Å². The summed E-state index contributed by atoms with van der Waals surface area (Å²) in [5, 5.41) is 4.06. The van der Waals surface area contributed by atoms with Crippen molar-refractivity contribution in [2.45, 2.75) is 52.0 Å². The Morgan fingerprint density at radius 2 is 2.16 bits per heavy atom. The molecule has 25 heavy (non-hydrogen) atoms. The number of ether oxygens (including phenoxy) is 1. The summed E-state index contributed by atoms with van der Waals surface area (Å²) < 4.78 is 10.8. The van der Waals surface area contributed by atoms with Crippen molar-refractivity contribution in [3.63, 3.8) is 0 Å². The molecule has 0 aromatic carbocycles. The molecule has 2 aliphatic rings. The summed E-state index contributed by atoms with van der Waals surface area (Å²) in [5.41, 5.74) is 4.72. The number of nitrogens with zero attached hydrogens (tertiary/aromatic N) is 3. The van der Waals surface area contributed by atoms with Gasteiger partial charge in [-0.3, -0.25) is 4.79 Å². The van der Waals surface area contributed by atoms with E-state index < -0.39 is 0 Å². The molecular weight excluding hydrogens is 318 g/mol. The zero-order chi connectivity index (χ0) is 17.6. The average Bonchev–Trinajstić information content (AvgIpc) is 3.32. The molecule has 6 nitrogen and oxygen atoms in total. The molecule has 2 aromatic heterocycles. The number of fused-ring (bicyclic) bond motifs is 1. The molecule has 1 unspecified atom stereocenters. The second-order valence-electron chi connectivity index (χ2n) is 6.90. The maximum absolute atomic E-state index is 13.3. The Labute approximate surface area is 147 Å². The van der Waals surface area contributed by atoms with Gasteiger partial charge in [0.05, 0.1) is 18.8 Å². The van der Waals surface area contributed by atoms with Gasteiger partial charge in [0, 0.05) is 17.8 Å². The maximum atomic E-state index is 13.3. The molecule has 0 N–H and O–H groups in total. The summed E-state index contributed by atoms with van der Waals surface area (Å²) in [4.78, 5) is 19.8. The number of aryl methyl sites for hydroxylation is 4. The quantitative estimate of drug-likeness (QED) is 0.858. The minimum absolute atomic E-state index is 0.0108. The number of rotatable bonds is 3. The first-order valence-corrected chi connectivity index (χ1v) is 8.90. The second kappa shape index (κ2) is 6.17. The minimum atomic E-state index is -0.0125. The smallest absolute Gasteiger partial charge is 0.259 e. The first-order chi connectivity index (χ1) is 12.1. The Morgan fingerprint density at radius 3 is 2.88 bits per heavy atom. The molecule has 1 aliphatic carbocycles. The summed E-state index contributed by atoms with van der Waals surface area (Å²) in [6.07, 6.45) is 4.94. The summed E-state index contributed by atoms with van der Waals surface area (Å²) in [6, 6.07) is 2.00. The van der Waals surface area contributed by atoms with Crippen LogP contribution in [0.25, 0.3) is 0 Å². The number of carbonyl (C=O) groups excluding carboxylic acids is 1. The highest BCUT2D eigenvalue weighted by Crippen LogP contribution is 2.38. The van der Waals surface area contributed by atoms with Crippen LogP contribution < -0.4 is 4.74 Å². The van der Waals surface area contributed by atoms with Crippen molar-refractivity contribution >= 4 is 5.91 Å². The number of carbonyl (C=O) groups is 1. The fourth-order valence-corrected chi connectivity index (χ4v) is 4.19. The topological polar surface area (TPSA) is 68.5 Å². The maximum Gasteiger partial charge on any atom is 0.259 e. The second-order valence-corrected chi connectivity index (χ2v) is 6.90. The summed E-state index contributed by atoms with van der Waals surface area (Å²) in [5.74, 6) is 1.22. The van der Waals surface area contributed by atoms with E-state index in [2.05, 4.69) is 10.1 Å². The lowest BCUT2D eigenvalue weighted by molar-refractivity contribution is 0.0730. The van der Waals surface area contributed by atoms with E-state index in [0.29, 0.717) is 11.4 Å². The molecule has 2 aromatic rings. The molecule has 132 valence electrons. The van der Waals surface area contributed by atoms with E-state index in [4.69, 9.17) is 9.26 Å². The molecule has 1 aliphatic heterocycles. The highest BCUT2D eigenvalue weighted by Gasteiger charge is 2.36. The van der Waals surface area contributed by atoms with Crippen molar-refractivity contribution in [1.82, 2.24) is 15.0 Å². The summed E-state index contributed by atoms with van der Waals surface area (Å²) >= 11 is 0. The Bertz CT molecular complexity index is 808. The van der Waals surface area contributed by atoms with E-state index >= 15 is 0 Å². The summed E-state index contributed by atoms with van der Waals surface area (Å²) in [6.45, 7) is 4.58. The van der Waals surface area contributed by atoms with Gasteiger partial charge in [0.2, 0.25) is 5.88 Å². The molecule has 0 bridgehead atoms. The van der Waals surface area contributed by atoms with Gasteiger partial charge in [0.25, 0.3) is 5.91 Å². The van der Waals surface area contributed by atoms with Crippen LogP contribution >= 0.6 is 0 Å². The normalized spacial score (nSPS) is 19.3. The largest absolute Gasteiger partial charge is 0.480 e. The third-order valence-corrected chi connectivity index (χ3v) is 5.38. The predicted octanol–water partition coefficient (Wildman–Crippen LogP) is 3.16. The van der Waals surface area contributed by atoms with Gasteiger partial charge in [-0.2, -0.15) is 0 Å². The number of amides is 1. The Morgan fingerprint density at radius 1 is 1.32 bits per heavy atom. The lowest BCUT2D eigenvalue weighted by atomic mass is 10.0. The third kappa shape index (κ3) is 2.60. The van der Waals surface area contributed by atoms with Crippen LogP contribution in [-0.4, -0.2) is 34.6 Å². The van der Waals surface area contributed by atoms with Crippen LogP contribution in [0.5, 0.6) is 5.88 Å². The lowest BCUT2D eigenvalue weighted by Crippen LogP contribution is -2.31. The van der Waals surface area contributed by atoms with Crippen molar-refractivity contribution in [2.24, 2.45) is 0 Å². The molecule has 0 spiro atoms. The van der Waals surface area contributed by atoms with Gasteiger partial charge in [0.1, 0.15) is 11.3 Å². The van der Waals surface area contributed by atoms with Crippen LogP contribution in [0.1, 0.15) is 63.9 Å². The first kappa shape index (κ1) is 16.1. The van der Waals surface area contributed by atoms with Crippen molar-refractivity contribution in [3.8, 4) is 5.88 Å². The van der Waals surface area contributed by atoms with Crippen molar-refractivity contribution in [3.05, 3.63) is 39.9 Å². The van der Waals surface area contributed by atoms with Gasteiger partial charge >= 0.3 is 0 Å². The molecule has 1 atom stereocenters. The van der Waals surface area contributed by atoms with Crippen LogP contribution in [0, 0.1) is 13.8 Å². The molecule has 3 heterocycles. The van der Waals surface area contributed by atoms with Gasteiger partial charge in [0.15, 0.2) is 0 Å². The molecule has 1 fully saturated rings. The Kier molecular flexibility index (Phi) is 3.98. The number of pyridine rings is 1. The third-order valence-electron chi connectivity index (χ3n) is 5.38. The van der Waals surface area contributed by atoms with E-state index in [9.17, 15) is 4.79 Å².